The average molecular weight is 390 g/mol. The summed E-state index contributed by atoms with van der Waals surface area (Å²) in [6.07, 6.45) is 1.13. The lowest BCUT2D eigenvalue weighted by molar-refractivity contribution is -0.384. The SMILES string of the molecule is CN1CCN(c2ccc(NC=C3C(=O)OC(C)(C)OC3=O)cc2[N+](=O)[O-])CC1. The Morgan fingerprint density at radius 3 is 2.32 bits per heavy atom. The van der Waals surface area contributed by atoms with Crippen molar-refractivity contribution in [3.8, 4) is 0 Å². The molecule has 1 N–H and O–H groups in total. The average Bonchev–Trinajstić information content (AvgIpc) is 2.60. The molecule has 28 heavy (non-hydrogen) atoms. The molecule has 2 fully saturated rings. The van der Waals surface area contributed by atoms with Crippen molar-refractivity contribution in [1.82, 2.24) is 4.90 Å². The summed E-state index contributed by atoms with van der Waals surface area (Å²) in [5.74, 6) is -2.97. The monoisotopic (exact) mass is 390 g/mol. The van der Waals surface area contributed by atoms with Crippen LogP contribution >= 0.6 is 0 Å². The Labute approximate surface area is 161 Å². The van der Waals surface area contributed by atoms with E-state index in [1.807, 2.05) is 11.9 Å². The van der Waals surface area contributed by atoms with Crippen molar-refractivity contribution >= 4 is 29.0 Å². The number of nitro groups is 1. The van der Waals surface area contributed by atoms with Crippen LogP contribution in [-0.2, 0) is 19.1 Å². The van der Waals surface area contributed by atoms with E-state index < -0.39 is 22.6 Å². The van der Waals surface area contributed by atoms with Crippen LogP contribution < -0.4 is 10.2 Å². The topological polar surface area (TPSA) is 114 Å². The summed E-state index contributed by atoms with van der Waals surface area (Å²) in [5.41, 5.74) is 0.532. The second-order valence-corrected chi connectivity index (χ2v) is 7.13. The number of hydrogen-bond donors (Lipinski definition) is 1. The molecule has 2 aliphatic heterocycles. The van der Waals surface area contributed by atoms with Crippen LogP contribution in [0.2, 0.25) is 0 Å². The van der Waals surface area contributed by atoms with Crippen LogP contribution in [0.3, 0.4) is 0 Å². The molecule has 0 saturated carbocycles. The van der Waals surface area contributed by atoms with Gasteiger partial charge < -0.3 is 24.6 Å². The van der Waals surface area contributed by atoms with Crippen LogP contribution in [0.25, 0.3) is 0 Å². The van der Waals surface area contributed by atoms with Gasteiger partial charge in [-0.3, -0.25) is 10.1 Å². The van der Waals surface area contributed by atoms with Crippen LogP contribution in [0.4, 0.5) is 17.1 Å². The van der Waals surface area contributed by atoms with Crippen molar-refractivity contribution in [2.24, 2.45) is 0 Å². The Morgan fingerprint density at radius 1 is 1.14 bits per heavy atom. The van der Waals surface area contributed by atoms with E-state index in [9.17, 15) is 19.7 Å². The molecule has 0 radical (unpaired) electrons. The minimum Gasteiger partial charge on any atom is -0.419 e. The zero-order valence-electron chi connectivity index (χ0n) is 15.9. The van der Waals surface area contributed by atoms with E-state index in [1.54, 1.807) is 12.1 Å². The van der Waals surface area contributed by atoms with Gasteiger partial charge in [0.2, 0.25) is 0 Å². The number of carbonyl (C=O) groups is 2. The molecule has 0 aliphatic carbocycles. The van der Waals surface area contributed by atoms with Gasteiger partial charge in [-0.05, 0) is 19.2 Å². The van der Waals surface area contributed by atoms with Crippen molar-refractivity contribution in [3.63, 3.8) is 0 Å². The smallest absolute Gasteiger partial charge is 0.350 e. The fourth-order valence-electron chi connectivity index (χ4n) is 3.01. The molecular weight excluding hydrogens is 368 g/mol. The Hall–Kier alpha value is -3.14. The third-order valence-electron chi connectivity index (χ3n) is 4.52. The first-order valence-electron chi connectivity index (χ1n) is 8.81. The third kappa shape index (κ3) is 4.22. The molecule has 1 aromatic carbocycles. The van der Waals surface area contributed by atoms with Crippen molar-refractivity contribution in [2.75, 3.05) is 43.4 Å². The van der Waals surface area contributed by atoms with Crippen molar-refractivity contribution in [1.29, 1.82) is 0 Å². The Balaban J connectivity index is 1.80. The molecule has 150 valence electrons. The molecule has 2 aliphatic rings. The highest BCUT2D eigenvalue weighted by molar-refractivity contribution is 6.15. The summed E-state index contributed by atoms with van der Waals surface area (Å²) in [7, 11) is 2.01. The summed E-state index contributed by atoms with van der Waals surface area (Å²) < 4.78 is 10.0. The van der Waals surface area contributed by atoms with Crippen LogP contribution in [0.15, 0.2) is 30.0 Å². The number of nitro benzene ring substituents is 1. The summed E-state index contributed by atoms with van der Waals surface area (Å²) in [6.45, 7) is 5.94. The van der Waals surface area contributed by atoms with E-state index in [0.29, 0.717) is 24.5 Å². The number of carbonyl (C=O) groups excluding carboxylic acids is 2. The van der Waals surface area contributed by atoms with Crippen LogP contribution in [0, 0.1) is 10.1 Å². The van der Waals surface area contributed by atoms with Crippen molar-refractivity contribution in [2.45, 2.75) is 19.6 Å². The first kappa shape index (κ1) is 19.6. The van der Waals surface area contributed by atoms with Crippen LogP contribution in [0.1, 0.15) is 13.8 Å². The van der Waals surface area contributed by atoms with Gasteiger partial charge in [-0.2, -0.15) is 0 Å². The van der Waals surface area contributed by atoms with Gasteiger partial charge in [-0.1, -0.05) is 0 Å². The molecular formula is C18H22N4O6. The molecule has 0 atom stereocenters. The fourth-order valence-corrected chi connectivity index (χ4v) is 3.01. The number of nitrogens with one attached hydrogen (secondary N) is 1. The maximum Gasteiger partial charge on any atom is 0.350 e. The van der Waals surface area contributed by atoms with E-state index >= 15 is 0 Å². The molecule has 10 heteroatoms. The number of likely N-dealkylation sites (N-methyl/N-ethyl adjacent to an activating group) is 1. The van der Waals surface area contributed by atoms with Gasteiger partial charge in [-0.25, -0.2) is 9.59 Å². The number of cyclic esters (lactones) is 2. The number of benzene rings is 1. The van der Waals surface area contributed by atoms with E-state index in [4.69, 9.17) is 9.47 Å². The highest BCUT2D eigenvalue weighted by Crippen LogP contribution is 2.32. The lowest BCUT2D eigenvalue weighted by atomic mass is 10.2. The Morgan fingerprint density at radius 2 is 1.75 bits per heavy atom. The summed E-state index contributed by atoms with van der Waals surface area (Å²) in [5, 5.41) is 14.3. The molecule has 2 saturated heterocycles. The van der Waals surface area contributed by atoms with Gasteiger partial charge in [0.1, 0.15) is 5.69 Å². The second-order valence-electron chi connectivity index (χ2n) is 7.13. The largest absolute Gasteiger partial charge is 0.419 e. The zero-order chi connectivity index (χ0) is 20.5. The third-order valence-corrected chi connectivity index (χ3v) is 4.52. The van der Waals surface area contributed by atoms with Crippen molar-refractivity contribution < 1.29 is 24.0 Å². The van der Waals surface area contributed by atoms with Crippen LogP contribution in [0.5, 0.6) is 0 Å². The highest BCUT2D eigenvalue weighted by Gasteiger charge is 2.39. The maximum absolute atomic E-state index is 12.0. The Bertz CT molecular complexity index is 820. The van der Waals surface area contributed by atoms with E-state index in [1.165, 1.54) is 19.9 Å². The molecule has 0 bridgehead atoms. The first-order chi connectivity index (χ1) is 13.2. The van der Waals surface area contributed by atoms with Gasteiger partial charge in [0.05, 0.1) is 4.92 Å². The minimum absolute atomic E-state index is 0.0529. The number of hydrogen-bond acceptors (Lipinski definition) is 9. The number of ether oxygens (including phenoxy) is 2. The number of anilines is 2. The first-order valence-corrected chi connectivity index (χ1v) is 8.81. The van der Waals surface area contributed by atoms with Gasteiger partial charge in [0.15, 0.2) is 5.57 Å². The number of rotatable bonds is 4. The minimum atomic E-state index is -1.32. The normalized spacial score (nSPS) is 19.7. The summed E-state index contributed by atoms with van der Waals surface area (Å²) in [4.78, 5) is 39.1. The van der Waals surface area contributed by atoms with E-state index in [2.05, 4.69) is 10.2 Å². The standard InChI is InChI=1S/C18H22N4O6/c1-18(2)27-16(23)13(17(24)28-18)11-19-12-4-5-14(15(10-12)22(25)26)21-8-6-20(3)7-9-21/h4-5,10-11,19H,6-9H2,1-3H3. The molecule has 0 aromatic heterocycles. The lowest BCUT2D eigenvalue weighted by Gasteiger charge is -2.33. The molecule has 10 nitrogen and oxygen atoms in total. The maximum atomic E-state index is 12.0. The van der Waals surface area contributed by atoms with Gasteiger partial charge >= 0.3 is 11.9 Å². The number of piperazine rings is 1. The molecule has 0 unspecified atom stereocenters. The molecule has 0 amide bonds. The predicted octanol–water partition coefficient (Wildman–Crippen LogP) is 1.48. The fraction of sp³-hybridized carbons (Fsp3) is 0.444. The van der Waals surface area contributed by atoms with Gasteiger partial charge in [0, 0.05) is 58.0 Å². The molecule has 2 heterocycles. The molecule has 0 spiro atoms. The Kier molecular flexibility index (Phi) is 5.23. The predicted molar refractivity (Wildman–Crippen MR) is 101 cm³/mol. The van der Waals surface area contributed by atoms with Crippen LogP contribution in [-0.4, -0.2) is 60.8 Å². The molecule has 3 rings (SSSR count). The second kappa shape index (κ2) is 7.47. The highest BCUT2D eigenvalue weighted by atomic mass is 16.7. The zero-order valence-corrected chi connectivity index (χ0v) is 15.9. The lowest BCUT2D eigenvalue weighted by Crippen LogP contribution is -2.44. The molecule has 1 aromatic rings. The summed E-state index contributed by atoms with van der Waals surface area (Å²) >= 11 is 0. The van der Waals surface area contributed by atoms with E-state index in [-0.39, 0.29) is 11.3 Å². The number of esters is 2. The van der Waals surface area contributed by atoms with Gasteiger partial charge in [0.25, 0.3) is 11.5 Å². The summed E-state index contributed by atoms with van der Waals surface area (Å²) in [6, 6.07) is 4.68. The quantitative estimate of drug-likeness (QED) is 0.268. The van der Waals surface area contributed by atoms with Crippen molar-refractivity contribution in [3.05, 3.63) is 40.1 Å². The van der Waals surface area contributed by atoms with E-state index in [0.717, 1.165) is 19.3 Å². The van der Waals surface area contributed by atoms with Gasteiger partial charge in [-0.15, -0.1) is 0 Å². The number of nitrogens with zero attached hydrogens (tertiary/aromatic N) is 3.